The fourth-order valence-electron chi connectivity index (χ4n) is 3.91. The van der Waals surface area contributed by atoms with E-state index in [9.17, 15) is 17.6 Å². The number of carbonyl (C=O) groups excluding carboxylic acids is 1. The zero-order valence-corrected chi connectivity index (χ0v) is 21.1. The summed E-state index contributed by atoms with van der Waals surface area (Å²) in [6, 6.07) is 2.72. The van der Waals surface area contributed by atoms with E-state index in [1.165, 1.54) is 18.3 Å². The Hall–Kier alpha value is -2.66. The Morgan fingerprint density at radius 1 is 1.24 bits per heavy atom. The lowest BCUT2D eigenvalue weighted by atomic mass is 9.91. The van der Waals surface area contributed by atoms with Crippen LogP contribution in [0.4, 0.5) is 10.2 Å². The zero-order chi connectivity index (χ0) is 25.1. The van der Waals surface area contributed by atoms with Gasteiger partial charge in [-0.1, -0.05) is 20.8 Å². The first-order valence-corrected chi connectivity index (χ1v) is 12.8. The molecule has 1 aliphatic rings. The molecule has 2 aromatic heterocycles. The Labute approximate surface area is 200 Å². The Kier molecular flexibility index (Phi) is 7.56. The van der Waals surface area contributed by atoms with Gasteiger partial charge in [0.15, 0.2) is 5.03 Å². The number of nitrogens with zero attached hydrogens (tertiary/aromatic N) is 3. The average Bonchev–Trinajstić information content (AvgIpc) is 3.09. The van der Waals surface area contributed by atoms with Crippen molar-refractivity contribution < 1.29 is 17.6 Å². The molecule has 0 bridgehead atoms. The van der Waals surface area contributed by atoms with Crippen molar-refractivity contribution in [1.82, 2.24) is 25.0 Å². The molecular formula is C23H33FN6O3S. The van der Waals surface area contributed by atoms with Gasteiger partial charge in [0.1, 0.15) is 5.82 Å². The van der Waals surface area contributed by atoms with Crippen LogP contribution in [0.2, 0.25) is 0 Å². The molecule has 0 spiro atoms. The van der Waals surface area contributed by atoms with Crippen molar-refractivity contribution >= 4 is 21.7 Å². The summed E-state index contributed by atoms with van der Waals surface area (Å²) in [5.41, 5.74) is -0.273. The van der Waals surface area contributed by atoms with Crippen molar-refractivity contribution in [3.8, 4) is 0 Å². The fraction of sp³-hybridized carbons (Fsp3) is 0.565. The Balaban J connectivity index is 1.60. The average molecular weight is 493 g/mol. The van der Waals surface area contributed by atoms with Crippen LogP contribution in [0, 0.1) is 11.9 Å². The molecule has 0 aromatic carbocycles. The maximum atomic E-state index is 14.4. The van der Waals surface area contributed by atoms with E-state index in [0.717, 1.165) is 32.0 Å². The van der Waals surface area contributed by atoms with E-state index in [0.29, 0.717) is 18.2 Å². The van der Waals surface area contributed by atoms with Crippen molar-refractivity contribution in [3.05, 3.63) is 41.7 Å². The van der Waals surface area contributed by atoms with E-state index in [2.05, 4.69) is 39.4 Å². The third-order valence-corrected chi connectivity index (χ3v) is 6.94. The summed E-state index contributed by atoms with van der Waals surface area (Å²) in [6.45, 7) is 11.5. The van der Waals surface area contributed by atoms with Crippen molar-refractivity contribution in [1.29, 1.82) is 0 Å². The van der Waals surface area contributed by atoms with Crippen LogP contribution in [0.25, 0.3) is 0 Å². The van der Waals surface area contributed by atoms with Crippen LogP contribution in [-0.2, 0) is 15.4 Å². The number of carbonyl (C=O) groups is 1. The zero-order valence-electron chi connectivity index (χ0n) is 20.3. The number of sulfonamides is 1. The first-order chi connectivity index (χ1) is 15.8. The van der Waals surface area contributed by atoms with E-state index >= 15 is 0 Å². The van der Waals surface area contributed by atoms with Gasteiger partial charge in [-0.15, -0.1) is 0 Å². The second-order valence-electron chi connectivity index (χ2n) is 10.4. The van der Waals surface area contributed by atoms with Gasteiger partial charge in [-0.25, -0.2) is 14.7 Å². The largest absolute Gasteiger partial charge is 0.369 e. The number of amides is 1. The van der Waals surface area contributed by atoms with Crippen LogP contribution < -0.4 is 15.4 Å². The highest BCUT2D eigenvalue weighted by molar-refractivity contribution is 7.90. The summed E-state index contributed by atoms with van der Waals surface area (Å²) < 4.78 is 41.6. The molecule has 1 aliphatic heterocycles. The number of hydrogen-bond acceptors (Lipinski definition) is 8. The number of halogens is 1. The normalized spacial score (nSPS) is 18.0. The highest BCUT2D eigenvalue weighted by Crippen LogP contribution is 2.26. The van der Waals surface area contributed by atoms with Crippen LogP contribution in [0.1, 0.15) is 69.9 Å². The minimum absolute atomic E-state index is 0.171. The summed E-state index contributed by atoms with van der Waals surface area (Å²) in [4.78, 5) is 24.2. The van der Waals surface area contributed by atoms with Gasteiger partial charge < -0.3 is 10.6 Å². The lowest BCUT2D eigenvalue weighted by Crippen LogP contribution is -2.32. The molecule has 3 heterocycles. The van der Waals surface area contributed by atoms with Gasteiger partial charge in [-0.2, -0.15) is 12.8 Å². The molecule has 2 aromatic rings. The molecule has 186 valence electrons. The number of pyridine rings is 1. The number of nitrogens with one attached hydrogen (secondary N) is 3. The molecule has 34 heavy (non-hydrogen) atoms. The fourth-order valence-corrected chi connectivity index (χ4v) is 4.79. The molecule has 1 saturated heterocycles. The predicted octanol–water partition coefficient (Wildman–Crippen LogP) is 3.01. The first kappa shape index (κ1) is 26.0. The van der Waals surface area contributed by atoms with E-state index in [4.69, 9.17) is 0 Å². The standard InChI is InChI=1S/C23H33FN6O3S/c1-22(2,3)17-9-8-16(20(24)28-17)21(31)30-34(32,33)19-14-25-13-18(29-19)26-10-6-7-15-11-23(4,5)27-12-15/h8-9,13-15,27H,6-7,10-12H2,1-5H3,(H,26,29)(H,30,31). The van der Waals surface area contributed by atoms with Crippen LogP contribution in [0.15, 0.2) is 29.6 Å². The van der Waals surface area contributed by atoms with Crippen molar-refractivity contribution in [2.45, 2.75) is 69.9 Å². The summed E-state index contributed by atoms with van der Waals surface area (Å²) in [7, 11) is -4.36. The Morgan fingerprint density at radius 2 is 1.97 bits per heavy atom. The predicted molar refractivity (Wildman–Crippen MR) is 127 cm³/mol. The van der Waals surface area contributed by atoms with Crippen LogP contribution in [0.3, 0.4) is 0 Å². The smallest absolute Gasteiger partial charge is 0.283 e. The number of rotatable bonds is 8. The van der Waals surface area contributed by atoms with E-state index < -0.39 is 37.9 Å². The molecule has 1 atom stereocenters. The number of aromatic nitrogens is 3. The van der Waals surface area contributed by atoms with Gasteiger partial charge in [-0.3, -0.25) is 9.78 Å². The maximum Gasteiger partial charge on any atom is 0.283 e. The van der Waals surface area contributed by atoms with Crippen LogP contribution in [-0.4, -0.2) is 47.9 Å². The molecule has 3 rings (SSSR count). The topological polar surface area (TPSA) is 126 Å². The van der Waals surface area contributed by atoms with Crippen molar-refractivity contribution in [3.63, 3.8) is 0 Å². The lowest BCUT2D eigenvalue weighted by Gasteiger charge is -2.18. The third kappa shape index (κ3) is 6.69. The van der Waals surface area contributed by atoms with Gasteiger partial charge in [0, 0.05) is 23.2 Å². The number of hydrogen-bond donors (Lipinski definition) is 3. The second-order valence-corrected chi connectivity index (χ2v) is 12.0. The van der Waals surface area contributed by atoms with Crippen LogP contribution in [0.5, 0.6) is 0 Å². The summed E-state index contributed by atoms with van der Waals surface area (Å²) in [5.74, 6) is -1.28. The number of anilines is 1. The Bertz CT molecular complexity index is 1150. The van der Waals surface area contributed by atoms with Gasteiger partial charge in [-0.05, 0) is 57.7 Å². The molecule has 0 saturated carbocycles. The molecule has 3 N–H and O–H groups in total. The molecule has 1 unspecified atom stereocenters. The van der Waals surface area contributed by atoms with Crippen molar-refractivity contribution in [2.24, 2.45) is 5.92 Å². The highest BCUT2D eigenvalue weighted by atomic mass is 32.2. The second kappa shape index (κ2) is 9.91. The minimum Gasteiger partial charge on any atom is -0.369 e. The van der Waals surface area contributed by atoms with Gasteiger partial charge in [0.05, 0.1) is 18.0 Å². The molecule has 9 nitrogen and oxygen atoms in total. The van der Waals surface area contributed by atoms with Crippen molar-refractivity contribution in [2.75, 3.05) is 18.4 Å². The quantitative estimate of drug-likeness (QED) is 0.379. The maximum absolute atomic E-state index is 14.4. The van der Waals surface area contributed by atoms with Gasteiger partial charge in [0.25, 0.3) is 15.9 Å². The molecule has 11 heteroatoms. The van der Waals surface area contributed by atoms with E-state index in [1.807, 2.05) is 25.5 Å². The molecule has 0 aliphatic carbocycles. The van der Waals surface area contributed by atoms with Gasteiger partial charge >= 0.3 is 0 Å². The molecule has 1 fully saturated rings. The Morgan fingerprint density at radius 3 is 2.59 bits per heavy atom. The van der Waals surface area contributed by atoms with Crippen LogP contribution >= 0.6 is 0 Å². The summed E-state index contributed by atoms with van der Waals surface area (Å²) in [5, 5.41) is 6.13. The molecule has 0 radical (unpaired) electrons. The minimum atomic E-state index is -4.36. The van der Waals surface area contributed by atoms with E-state index in [-0.39, 0.29) is 11.4 Å². The SMILES string of the molecule is CC1(C)CC(CCCNc2cncc(S(=O)(=O)NC(=O)c3ccc(C(C)(C)C)nc3F)n2)CN1. The van der Waals surface area contributed by atoms with Gasteiger partial charge in [0.2, 0.25) is 5.95 Å². The molecular weight excluding hydrogens is 459 g/mol. The summed E-state index contributed by atoms with van der Waals surface area (Å²) >= 11 is 0. The lowest BCUT2D eigenvalue weighted by molar-refractivity contribution is 0.0976. The highest BCUT2D eigenvalue weighted by Gasteiger charge is 2.29. The first-order valence-electron chi connectivity index (χ1n) is 11.3. The van der Waals surface area contributed by atoms with E-state index in [1.54, 1.807) is 0 Å². The molecule has 1 amide bonds. The monoisotopic (exact) mass is 492 g/mol. The third-order valence-electron chi connectivity index (χ3n) is 5.74. The summed E-state index contributed by atoms with van der Waals surface area (Å²) in [6.07, 6.45) is 5.50.